The number of aromatic hydroxyl groups is 1. The van der Waals surface area contributed by atoms with Crippen LogP contribution in [0.25, 0.3) is 0 Å². The van der Waals surface area contributed by atoms with E-state index >= 15 is 0 Å². The van der Waals surface area contributed by atoms with E-state index < -0.39 is 0 Å². The molecule has 0 fully saturated rings. The fourth-order valence-corrected chi connectivity index (χ4v) is 3.06. The Hall–Kier alpha value is -1.20. The lowest BCUT2D eigenvalue weighted by atomic mass is 10.2. The van der Waals surface area contributed by atoms with E-state index in [1.807, 2.05) is 31.2 Å². The minimum absolute atomic E-state index is 0.0449. The van der Waals surface area contributed by atoms with Crippen LogP contribution in [-0.4, -0.2) is 10.1 Å². The molecule has 1 aromatic carbocycles. The highest BCUT2D eigenvalue weighted by molar-refractivity contribution is 8.01. The number of hydrogen-bond donors (Lipinski definition) is 2. The molecule has 0 spiro atoms. The summed E-state index contributed by atoms with van der Waals surface area (Å²) in [5.41, 5.74) is 1.15. The van der Waals surface area contributed by atoms with Crippen molar-refractivity contribution in [1.82, 2.24) is 4.98 Å². The molecule has 0 amide bonds. The zero-order chi connectivity index (χ0) is 10.8. The molecule has 0 bridgehead atoms. The van der Waals surface area contributed by atoms with Crippen molar-refractivity contribution in [2.24, 2.45) is 0 Å². The molecule has 0 aliphatic carbocycles. The number of thiazole rings is 1. The number of aromatic amines is 1. The molecular weight excluding hydrogens is 230 g/mol. The average Bonchev–Trinajstić information content (AvgIpc) is 2.45. The minimum Gasteiger partial charge on any atom is -0.493 e. The zero-order valence-electron chi connectivity index (χ0n) is 7.98. The molecular formula is C10H9NO2S2. The van der Waals surface area contributed by atoms with Crippen molar-refractivity contribution in [3.05, 3.63) is 39.5 Å². The maximum absolute atomic E-state index is 11.0. The smallest absolute Gasteiger partial charge is 0.308 e. The molecule has 3 nitrogen and oxygen atoms in total. The largest absolute Gasteiger partial charge is 0.493 e. The Bertz CT molecular complexity index is 530. The van der Waals surface area contributed by atoms with Gasteiger partial charge in [-0.2, -0.15) is 0 Å². The number of hydrogen-bond acceptors (Lipinski definition) is 4. The number of H-pyrrole nitrogens is 1. The van der Waals surface area contributed by atoms with E-state index in [9.17, 15) is 9.90 Å². The first-order valence-electron chi connectivity index (χ1n) is 4.32. The summed E-state index contributed by atoms with van der Waals surface area (Å²) in [4.78, 5) is 14.1. The second-order valence-corrected chi connectivity index (χ2v) is 5.39. The number of benzene rings is 1. The Balaban J connectivity index is 2.29. The first-order valence-corrected chi connectivity index (χ1v) is 5.95. The van der Waals surface area contributed by atoms with E-state index in [1.165, 1.54) is 11.8 Å². The minimum atomic E-state index is -0.234. The highest BCUT2D eigenvalue weighted by Gasteiger charge is 2.08. The maximum atomic E-state index is 11.0. The Morgan fingerprint density at radius 1 is 1.47 bits per heavy atom. The molecule has 0 aliphatic heterocycles. The van der Waals surface area contributed by atoms with Gasteiger partial charge in [0.15, 0.2) is 0 Å². The van der Waals surface area contributed by atoms with E-state index in [4.69, 9.17) is 0 Å². The van der Waals surface area contributed by atoms with E-state index in [1.54, 1.807) is 0 Å². The Labute approximate surface area is 94.8 Å². The van der Waals surface area contributed by atoms with Crippen molar-refractivity contribution in [2.75, 3.05) is 0 Å². The molecule has 15 heavy (non-hydrogen) atoms. The highest BCUT2D eigenvalue weighted by Crippen LogP contribution is 2.35. The molecule has 0 atom stereocenters. The van der Waals surface area contributed by atoms with Crippen LogP contribution in [0.15, 0.2) is 38.2 Å². The fraction of sp³-hybridized carbons (Fsp3) is 0.100. The van der Waals surface area contributed by atoms with Crippen molar-refractivity contribution in [2.45, 2.75) is 16.0 Å². The van der Waals surface area contributed by atoms with Gasteiger partial charge >= 0.3 is 4.87 Å². The van der Waals surface area contributed by atoms with Gasteiger partial charge in [-0.3, -0.25) is 9.78 Å². The van der Waals surface area contributed by atoms with Gasteiger partial charge in [-0.25, -0.2) is 0 Å². The van der Waals surface area contributed by atoms with E-state index in [-0.39, 0.29) is 10.8 Å². The van der Waals surface area contributed by atoms with Gasteiger partial charge in [-0.05, 0) is 19.1 Å². The fourth-order valence-electron chi connectivity index (χ4n) is 1.16. The van der Waals surface area contributed by atoms with Gasteiger partial charge in [0, 0.05) is 4.90 Å². The third-order valence-electron chi connectivity index (χ3n) is 1.80. The molecule has 0 aliphatic rings. The summed E-state index contributed by atoms with van der Waals surface area (Å²) >= 11 is 2.40. The second kappa shape index (κ2) is 4.12. The monoisotopic (exact) mass is 239 g/mol. The van der Waals surface area contributed by atoms with Crippen LogP contribution in [-0.2, 0) is 0 Å². The Kier molecular flexibility index (Phi) is 2.83. The molecule has 0 radical (unpaired) electrons. The van der Waals surface area contributed by atoms with Crippen LogP contribution in [0.3, 0.4) is 0 Å². The van der Waals surface area contributed by atoms with Gasteiger partial charge in [0.2, 0.25) is 5.88 Å². The van der Waals surface area contributed by atoms with Gasteiger partial charge in [0.25, 0.3) is 0 Å². The van der Waals surface area contributed by atoms with Crippen LogP contribution >= 0.6 is 23.1 Å². The van der Waals surface area contributed by atoms with Gasteiger partial charge in [-0.15, -0.1) is 0 Å². The number of rotatable bonds is 2. The number of aromatic nitrogens is 1. The summed E-state index contributed by atoms with van der Waals surface area (Å²) in [6.07, 6.45) is 0. The van der Waals surface area contributed by atoms with Crippen LogP contribution in [0.4, 0.5) is 0 Å². The third-order valence-corrected chi connectivity index (χ3v) is 3.83. The molecule has 0 unspecified atom stereocenters. The normalized spacial score (nSPS) is 10.5. The quantitative estimate of drug-likeness (QED) is 0.847. The van der Waals surface area contributed by atoms with Gasteiger partial charge < -0.3 is 5.11 Å². The van der Waals surface area contributed by atoms with Gasteiger partial charge in [0.05, 0.1) is 0 Å². The summed E-state index contributed by atoms with van der Waals surface area (Å²) in [5.74, 6) is -0.0449. The highest BCUT2D eigenvalue weighted by atomic mass is 32.2. The molecule has 0 saturated heterocycles. The lowest BCUT2D eigenvalue weighted by molar-refractivity contribution is 0.445. The molecule has 5 heteroatoms. The van der Waals surface area contributed by atoms with Crippen molar-refractivity contribution in [3.8, 4) is 5.88 Å². The van der Waals surface area contributed by atoms with Crippen LogP contribution in [0.1, 0.15) is 5.56 Å². The second-order valence-electron chi connectivity index (χ2n) is 3.07. The van der Waals surface area contributed by atoms with E-state index in [0.29, 0.717) is 4.21 Å². The van der Waals surface area contributed by atoms with E-state index in [2.05, 4.69) is 4.98 Å². The maximum Gasteiger partial charge on any atom is 0.308 e. The molecule has 0 saturated carbocycles. The van der Waals surface area contributed by atoms with Crippen molar-refractivity contribution in [3.63, 3.8) is 0 Å². The predicted molar refractivity (Wildman–Crippen MR) is 61.9 cm³/mol. The SMILES string of the molecule is Cc1cccc(Sc2sc(=O)[nH]c2O)c1. The third kappa shape index (κ3) is 2.43. The van der Waals surface area contributed by atoms with Crippen LogP contribution in [0, 0.1) is 6.92 Å². The summed E-state index contributed by atoms with van der Waals surface area (Å²) in [7, 11) is 0. The first-order chi connectivity index (χ1) is 7.15. The van der Waals surface area contributed by atoms with Crippen molar-refractivity contribution in [1.29, 1.82) is 0 Å². The lowest BCUT2D eigenvalue weighted by Crippen LogP contribution is -1.89. The van der Waals surface area contributed by atoms with Crippen LogP contribution < -0.4 is 4.87 Å². The van der Waals surface area contributed by atoms with Crippen molar-refractivity contribution < 1.29 is 5.11 Å². The molecule has 2 N–H and O–H groups in total. The first kappa shape index (κ1) is 10.3. The van der Waals surface area contributed by atoms with Crippen molar-refractivity contribution >= 4 is 23.1 Å². The topological polar surface area (TPSA) is 53.1 Å². The summed E-state index contributed by atoms with van der Waals surface area (Å²) < 4.78 is 0.602. The average molecular weight is 239 g/mol. The van der Waals surface area contributed by atoms with Gasteiger partial charge in [0.1, 0.15) is 4.21 Å². The molecule has 2 rings (SSSR count). The number of aryl methyl sites for hydroxylation is 1. The summed E-state index contributed by atoms with van der Waals surface area (Å²) in [5, 5.41) is 9.40. The van der Waals surface area contributed by atoms with Gasteiger partial charge in [-0.1, -0.05) is 40.8 Å². The molecule has 2 aromatic rings. The van der Waals surface area contributed by atoms with Crippen LogP contribution in [0.2, 0.25) is 0 Å². The molecule has 78 valence electrons. The molecule has 1 heterocycles. The summed E-state index contributed by atoms with van der Waals surface area (Å²) in [6.45, 7) is 2.00. The Morgan fingerprint density at radius 3 is 2.87 bits per heavy atom. The standard InChI is InChI=1S/C10H9NO2S2/c1-6-3-2-4-7(5-6)14-9-8(12)11-10(13)15-9/h2-5,12H,1H3,(H,11,13). The molecule has 1 aromatic heterocycles. The van der Waals surface area contributed by atoms with Crippen LogP contribution in [0.5, 0.6) is 5.88 Å². The Morgan fingerprint density at radius 2 is 2.27 bits per heavy atom. The van der Waals surface area contributed by atoms with E-state index in [0.717, 1.165) is 21.8 Å². The lowest BCUT2D eigenvalue weighted by Gasteiger charge is -1.99. The predicted octanol–water partition coefficient (Wildman–Crippen LogP) is 2.60. The zero-order valence-corrected chi connectivity index (χ0v) is 9.61. The summed E-state index contributed by atoms with van der Waals surface area (Å²) in [6, 6.07) is 7.91. The number of nitrogens with one attached hydrogen (secondary N) is 1.